The van der Waals surface area contributed by atoms with Crippen LogP contribution in [-0.2, 0) is 6.61 Å². The van der Waals surface area contributed by atoms with Gasteiger partial charge in [0.2, 0.25) is 0 Å². The second-order valence-electron chi connectivity index (χ2n) is 4.36. The molecule has 0 aliphatic rings. The van der Waals surface area contributed by atoms with Gasteiger partial charge in [0.05, 0.1) is 0 Å². The fraction of sp³-hybridized carbons (Fsp3) is 0.357. The number of halogens is 1. The van der Waals surface area contributed by atoms with E-state index in [1.165, 1.54) is 12.1 Å². The molecule has 102 valence electrons. The van der Waals surface area contributed by atoms with Crippen LogP contribution in [-0.4, -0.2) is 12.0 Å². The molecule has 1 aromatic carbocycles. The predicted molar refractivity (Wildman–Crippen MR) is 75.1 cm³/mol. The molecule has 3 nitrogen and oxygen atoms in total. The highest BCUT2D eigenvalue weighted by atomic mass is 32.1. The first kappa shape index (κ1) is 14.0. The third-order valence-corrected chi connectivity index (χ3v) is 3.83. The fourth-order valence-electron chi connectivity index (χ4n) is 1.75. The van der Waals surface area contributed by atoms with Crippen LogP contribution in [0.1, 0.15) is 29.2 Å². The van der Waals surface area contributed by atoms with E-state index in [1.54, 1.807) is 17.4 Å². The van der Waals surface area contributed by atoms with Crippen molar-refractivity contribution in [2.24, 2.45) is 0 Å². The van der Waals surface area contributed by atoms with Crippen LogP contribution in [0.5, 0.6) is 5.75 Å². The molecule has 2 rings (SSSR count). The van der Waals surface area contributed by atoms with E-state index in [-0.39, 0.29) is 11.9 Å². The molecule has 0 saturated carbocycles. The Bertz CT molecular complexity index is 556. The van der Waals surface area contributed by atoms with E-state index in [2.05, 4.69) is 10.3 Å². The lowest BCUT2D eigenvalue weighted by atomic mass is 10.1. The quantitative estimate of drug-likeness (QED) is 0.911. The molecule has 0 aliphatic heterocycles. The summed E-state index contributed by atoms with van der Waals surface area (Å²) in [5.74, 6) is 0.270. The van der Waals surface area contributed by atoms with Crippen molar-refractivity contribution in [1.29, 1.82) is 0 Å². The van der Waals surface area contributed by atoms with Gasteiger partial charge in [0.25, 0.3) is 0 Å². The van der Waals surface area contributed by atoms with E-state index in [0.29, 0.717) is 12.4 Å². The van der Waals surface area contributed by atoms with Gasteiger partial charge in [-0.3, -0.25) is 0 Å². The minimum atomic E-state index is -0.294. The Hall–Kier alpha value is -1.46. The molecule has 19 heavy (non-hydrogen) atoms. The highest BCUT2D eigenvalue weighted by Gasteiger charge is 2.12. The summed E-state index contributed by atoms with van der Waals surface area (Å²) in [4.78, 5) is 4.33. The SMILES string of the molecule is CNC(C)c1ccc(F)cc1OCc1nc(C)cs1. The monoisotopic (exact) mass is 280 g/mol. The van der Waals surface area contributed by atoms with Gasteiger partial charge in [-0.15, -0.1) is 11.3 Å². The van der Waals surface area contributed by atoms with Gasteiger partial charge in [-0.05, 0) is 27.0 Å². The number of hydrogen-bond donors (Lipinski definition) is 1. The molecule has 5 heteroatoms. The summed E-state index contributed by atoms with van der Waals surface area (Å²) in [6.07, 6.45) is 0. The van der Waals surface area contributed by atoms with E-state index in [9.17, 15) is 4.39 Å². The summed E-state index contributed by atoms with van der Waals surface area (Å²) in [6.45, 7) is 4.32. The third kappa shape index (κ3) is 3.52. The predicted octanol–water partition coefficient (Wildman–Crippen LogP) is 3.45. The number of rotatable bonds is 5. The van der Waals surface area contributed by atoms with Gasteiger partial charge in [-0.2, -0.15) is 0 Å². The zero-order valence-corrected chi connectivity index (χ0v) is 12.1. The van der Waals surface area contributed by atoms with Gasteiger partial charge >= 0.3 is 0 Å². The lowest BCUT2D eigenvalue weighted by Gasteiger charge is -2.16. The van der Waals surface area contributed by atoms with Crippen molar-refractivity contribution in [3.63, 3.8) is 0 Å². The zero-order valence-electron chi connectivity index (χ0n) is 11.2. The largest absolute Gasteiger partial charge is 0.486 e. The van der Waals surface area contributed by atoms with Gasteiger partial charge in [-0.1, -0.05) is 6.07 Å². The van der Waals surface area contributed by atoms with E-state index in [4.69, 9.17) is 4.74 Å². The van der Waals surface area contributed by atoms with E-state index in [1.807, 2.05) is 26.3 Å². The fourth-order valence-corrected chi connectivity index (χ4v) is 2.44. The lowest BCUT2D eigenvalue weighted by molar-refractivity contribution is 0.298. The molecular weight excluding hydrogens is 263 g/mol. The van der Waals surface area contributed by atoms with Crippen molar-refractivity contribution >= 4 is 11.3 Å². The van der Waals surface area contributed by atoms with E-state index < -0.39 is 0 Å². The Labute approximate surface area is 116 Å². The summed E-state index contributed by atoms with van der Waals surface area (Å²) in [5.41, 5.74) is 1.92. The summed E-state index contributed by atoms with van der Waals surface area (Å²) < 4.78 is 19.0. The maximum Gasteiger partial charge on any atom is 0.140 e. The highest BCUT2D eigenvalue weighted by molar-refractivity contribution is 7.09. The van der Waals surface area contributed by atoms with Crippen molar-refractivity contribution in [2.75, 3.05) is 7.05 Å². The smallest absolute Gasteiger partial charge is 0.140 e. The van der Waals surface area contributed by atoms with Gasteiger partial charge in [0, 0.05) is 28.7 Å². The molecule has 0 spiro atoms. The number of nitrogens with zero attached hydrogens (tertiary/aromatic N) is 1. The number of aromatic nitrogens is 1. The Morgan fingerprint density at radius 2 is 2.26 bits per heavy atom. The Morgan fingerprint density at radius 1 is 1.47 bits per heavy atom. The van der Waals surface area contributed by atoms with Crippen LogP contribution >= 0.6 is 11.3 Å². The molecule has 0 aliphatic carbocycles. The van der Waals surface area contributed by atoms with Gasteiger partial charge < -0.3 is 10.1 Å². The van der Waals surface area contributed by atoms with Gasteiger partial charge in [0.15, 0.2) is 0 Å². The zero-order chi connectivity index (χ0) is 13.8. The molecule has 1 atom stereocenters. The molecule has 2 aromatic rings. The van der Waals surface area contributed by atoms with Crippen molar-refractivity contribution in [2.45, 2.75) is 26.5 Å². The maximum absolute atomic E-state index is 13.3. The Balaban J connectivity index is 2.16. The van der Waals surface area contributed by atoms with Crippen LogP contribution in [0.3, 0.4) is 0 Å². The second-order valence-corrected chi connectivity index (χ2v) is 5.31. The summed E-state index contributed by atoms with van der Waals surface area (Å²) in [5, 5.41) is 5.99. The van der Waals surface area contributed by atoms with Gasteiger partial charge in [0.1, 0.15) is 23.2 Å². The normalized spacial score (nSPS) is 12.4. The highest BCUT2D eigenvalue weighted by Crippen LogP contribution is 2.27. The lowest BCUT2D eigenvalue weighted by Crippen LogP contribution is -2.14. The van der Waals surface area contributed by atoms with Crippen molar-refractivity contribution in [3.8, 4) is 5.75 Å². The average molecular weight is 280 g/mol. The minimum Gasteiger partial charge on any atom is -0.486 e. The number of hydrogen-bond acceptors (Lipinski definition) is 4. The molecule has 0 fully saturated rings. The van der Waals surface area contributed by atoms with Crippen LogP contribution in [0.2, 0.25) is 0 Å². The number of thiazole rings is 1. The number of benzene rings is 1. The van der Waals surface area contributed by atoms with Crippen LogP contribution in [0.4, 0.5) is 4.39 Å². The topological polar surface area (TPSA) is 34.1 Å². The van der Waals surface area contributed by atoms with Crippen molar-refractivity contribution < 1.29 is 9.13 Å². The maximum atomic E-state index is 13.3. The molecular formula is C14H17FN2OS. The number of nitrogens with one attached hydrogen (secondary N) is 1. The molecule has 0 radical (unpaired) electrons. The standard InChI is InChI=1S/C14H17FN2OS/c1-9-8-19-14(17-9)7-18-13-6-11(15)4-5-12(13)10(2)16-3/h4-6,8,10,16H,7H2,1-3H3. The average Bonchev–Trinajstić information content (AvgIpc) is 2.81. The third-order valence-electron chi connectivity index (χ3n) is 2.89. The Morgan fingerprint density at radius 3 is 2.89 bits per heavy atom. The first-order chi connectivity index (χ1) is 9.10. The second kappa shape index (κ2) is 6.12. The summed E-state index contributed by atoms with van der Waals surface area (Å²) in [6, 6.07) is 4.72. The van der Waals surface area contributed by atoms with Crippen LogP contribution in [0.25, 0.3) is 0 Å². The molecule has 1 unspecified atom stereocenters. The van der Waals surface area contributed by atoms with Crippen molar-refractivity contribution in [3.05, 3.63) is 45.7 Å². The molecule has 1 heterocycles. The van der Waals surface area contributed by atoms with Crippen LogP contribution < -0.4 is 10.1 Å². The van der Waals surface area contributed by atoms with E-state index in [0.717, 1.165) is 16.3 Å². The van der Waals surface area contributed by atoms with Crippen LogP contribution in [0.15, 0.2) is 23.6 Å². The summed E-state index contributed by atoms with van der Waals surface area (Å²) >= 11 is 1.55. The first-order valence-electron chi connectivity index (χ1n) is 6.10. The molecule has 0 saturated heterocycles. The number of ether oxygens (including phenoxy) is 1. The van der Waals surface area contributed by atoms with Gasteiger partial charge in [-0.25, -0.2) is 9.37 Å². The van der Waals surface area contributed by atoms with E-state index >= 15 is 0 Å². The number of aryl methyl sites for hydroxylation is 1. The van der Waals surface area contributed by atoms with Crippen LogP contribution in [0, 0.1) is 12.7 Å². The Kier molecular flexibility index (Phi) is 4.50. The molecule has 1 aromatic heterocycles. The minimum absolute atomic E-state index is 0.105. The van der Waals surface area contributed by atoms with Crippen molar-refractivity contribution in [1.82, 2.24) is 10.3 Å². The molecule has 1 N–H and O–H groups in total. The summed E-state index contributed by atoms with van der Waals surface area (Å²) in [7, 11) is 1.86. The first-order valence-corrected chi connectivity index (χ1v) is 6.98. The molecule has 0 amide bonds. The molecule has 0 bridgehead atoms.